The number of sulfonamides is 1. The number of aromatic hydroxyl groups is 1. The van der Waals surface area contributed by atoms with Crippen molar-refractivity contribution in [3.63, 3.8) is 0 Å². The topological polar surface area (TPSA) is 156 Å². The van der Waals surface area contributed by atoms with Crippen molar-refractivity contribution in [3.8, 4) is 23.1 Å². The summed E-state index contributed by atoms with van der Waals surface area (Å²) in [7, 11) is -3.63. The fourth-order valence-electron chi connectivity index (χ4n) is 3.22. The van der Waals surface area contributed by atoms with E-state index in [2.05, 4.69) is 14.8 Å². The van der Waals surface area contributed by atoms with Gasteiger partial charge in [-0.25, -0.2) is 31.7 Å². The third-order valence-electron chi connectivity index (χ3n) is 5.22. The number of alkyl halides is 2. The third-order valence-corrected chi connectivity index (χ3v) is 7.33. The number of pyridine rings is 1. The first-order valence-electron chi connectivity index (χ1n) is 10.3. The SMILES string of the molecule is BC(F)(F)c1nn(-c2cc(Cl)c(Oc3cc(S(=O)(=O)NC4CCC4)c(O)cn3)c(Cl)c2)c(=O)[nH]c1=O. The Kier molecular flexibility index (Phi) is 6.85. The summed E-state index contributed by atoms with van der Waals surface area (Å²) < 4.78 is 61.1. The van der Waals surface area contributed by atoms with E-state index in [-0.39, 0.29) is 33.4 Å². The van der Waals surface area contributed by atoms with Gasteiger partial charge in [0.15, 0.2) is 17.2 Å². The molecule has 3 N–H and O–H groups in total. The van der Waals surface area contributed by atoms with Crippen molar-refractivity contribution in [3.05, 3.63) is 61.0 Å². The standard InChI is InChI=1S/C19H16BCl2F2N5O6S/c20-19(23,24)16-17(31)26-18(32)29(27-16)9-4-10(21)15(11(22)5-9)35-14-6-13(12(30)7-25-14)36(33,34)28-8-2-1-3-8/h4-8,28,30H,1-3,20H2,(H,26,31,32). The number of aromatic amines is 1. The van der Waals surface area contributed by atoms with Crippen LogP contribution in [0.4, 0.5) is 8.78 Å². The molecule has 2 aromatic heterocycles. The van der Waals surface area contributed by atoms with E-state index in [0.717, 1.165) is 30.8 Å². The summed E-state index contributed by atoms with van der Waals surface area (Å²) in [6, 6.07) is 2.94. The first kappa shape index (κ1) is 26.1. The Morgan fingerprint density at radius 1 is 1.22 bits per heavy atom. The van der Waals surface area contributed by atoms with E-state index in [4.69, 9.17) is 27.9 Å². The molecule has 0 unspecified atom stereocenters. The van der Waals surface area contributed by atoms with Crippen LogP contribution in [0.2, 0.25) is 10.0 Å². The molecule has 1 aliphatic rings. The molecule has 1 saturated carbocycles. The van der Waals surface area contributed by atoms with Crippen molar-refractivity contribution in [1.82, 2.24) is 24.5 Å². The summed E-state index contributed by atoms with van der Waals surface area (Å²) in [6.07, 6.45) is 3.12. The number of nitrogens with zero attached hydrogens (tertiary/aromatic N) is 3. The van der Waals surface area contributed by atoms with E-state index < -0.39 is 43.4 Å². The Hall–Kier alpha value is -3.01. The van der Waals surface area contributed by atoms with Crippen LogP contribution >= 0.6 is 23.2 Å². The summed E-state index contributed by atoms with van der Waals surface area (Å²) in [5, 5.41) is 13.0. The maximum atomic E-state index is 13.7. The lowest BCUT2D eigenvalue weighted by Crippen LogP contribution is -2.39. The van der Waals surface area contributed by atoms with E-state index in [1.165, 1.54) is 0 Å². The van der Waals surface area contributed by atoms with Crippen LogP contribution in [0.3, 0.4) is 0 Å². The summed E-state index contributed by atoms with van der Waals surface area (Å²) in [5.41, 5.74) is -3.84. The summed E-state index contributed by atoms with van der Waals surface area (Å²) >= 11 is 12.4. The molecule has 1 aromatic carbocycles. The van der Waals surface area contributed by atoms with Gasteiger partial charge in [-0.1, -0.05) is 29.6 Å². The van der Waals surface area contributed by atoms with Crippen LogP contribution in [0.15, 0.2) is 38.9 Å². The first-order valence-corrected chi connectivity index (χ1v) is 12.5. The highest BCUT2D eigenvalue weighted by atomic mass is 35.5. The van der Waals surface area contributed by atoms with Crippen LogP contribution in [-0.2, 0) is 15.8 Å². The Morgan fingerprint density at radius 2 is 1.86 bits per heavy atom. The maximum Gasteiger partial charge on any atom is 0.349 e. The van der Waals surface area contributed by atoms with Crippen molar-refractivity contribution < 1.29 is 27.0 Å². The highest BCUT2D eigenvalue weighted by Gasteiger charge is 2.31. The Labute approximate surface area is 212 Å². The molecule has 0 aliphatic heterocycles. The maximum absolute atomic E-state index is 13.7. The number of hydrogen-bond acceptors (Lipinski definition) is 8. The smallest absolute Gasteiger partial charge is 0.349 e. The number of H-pyrrole nitrogens is 1. The van der Waals surface area contributed by atoms with Gasteiger partial charge in [0.2, 0.25) is 23.7 Å². The molecule has 36 heavy (non-hydrogen) atoms. The second kappa shape index (κ2) is 9.46. The van der Waals surface area contributed by atoms with Gasteiger partial charge in [0.25, 0.3) is 11.4 Å². The number of nitrogens with one attached hydrogen (secondary N) is 2. The molecular weight excluding hydrogens is 546 g/mol. The lowest BCUT2D eigenvalue weighted by Gasteiger charge is -2.26. The molecule has 17 heteroatoms. The van der Waals surface area contributed by atoms with E-state index in [1.54, 1.807) is 4.98 Å². The molecule has 0 amide bonds. The van der Waals surface area contributed by atoms with E-state index in [1.807, 2.05) is 0 Å². The zero-order chi connectivity index (χ0) is 26.4. The van der Waals surface area contributed by atoms with Gasteiger partial charge in [0.1, 0.15) is 4.90 Å². The van der Waals surface area contributed by atoms with Crippen LogP contribution < -0.4 is 20.7 Å². The molecule has 0 spiro atoms. The Morgan fingerprint density at radius 3 is 2.42 bits per heavy atom. The summed E-state index contributed by atoms with van der Waals surface area (Å²) in [5.74, 6) is -4.75. The van der Waals surface area contributed by atoms with Crippen molar-refractivity contribution in [2.24, 2.45) is 0 Å². The van der Waals surface area contributed by atoms with Crippen molar-refractivity contribution in [2.45, 2.75) is 36.0 Å². The fraction of sp³-hybridized carbons (Fsp3) is 0.263. The number of hydrogen-bond donors (Lipinski definition) is 3. The zero-order valence-corrected chi connectivity index (χ0v) is 20.6. The molecule has 190 valence electrons. The molecule has 0 saturated heterocycles. The minimum atomic E-state index is -4.08. The highest BCUT2D eigenvalue weighted by molar-refractivity contribution is 7.89. The lowest BCUT2D eigenvalue weighted by molar-refractivity contribution is 0.0849. The largest absolute Gasteiger partial charge is 0.505 e. The number of halogens is 4. The average Bonchev–Trinajstić information content (AvgIpc) is 2.73. The monoisotopic (exact) mass is 561 g/mol. The van der Waals surface area contributed by atoms with Gasteiger partial charge in [-0.2, -0.15) is 9.78 Å². The van der Waals surface area contributed by atoms with Crippen LogP contribution in [0.5, 0.6) is 17.4 Å². The molecule has 4 rings (SSSR count). The van der Waals surface area contributed by atoms with E-state index >= 15 is 0 Å². The minimum absolute atomic E-state index is 0.171. The van der Waals surface area contributed by atoms with Crippen molar-refractivity contribution in [1.29, 1.82) is 0 Å². The van der Waals surface area contributed by atoms with E-state index in [0.29, 0.717) is 25.4 Å². The lowest BCUT2D eigenvalue weighted by atomic mass is 9.94. The van der Waals surface area contributed by atoms with Gasteiger partial charge < -0.3 is 9.84 Å². The van der Waals surface area contributed by atoms with Crippen LogP contribution in [0.25, 0.3) is 5.69 Å². The molecule has 1 aliphatic carbocycles. The molecule has 2 heterocycles. The van der Waals surface area contributed by atoms with Gasteiger partial charge in [0, 0.05) is 12.1 Å². The average molecular weight is 562 g/mol. The number of benzene rings is 1. The highest BCUT2D eigenvalue weighted by Crippen LogP contribution is 2.39. The van der Waals surface area contributed by atoms with Crippen LogP contribution in [0.1, 0.15) is 25.0 Å². The molecular formula is C19H16BCl2F2N5O6S. The summed E-state index contributed by atoms with van der Waals surface area (Å²) in [6.45, 7) is 0. The molecule has 0 atom stereocenters. The molecule has 0 bridgehead atoms. The van der Waals surface area contributed by atoms with Crippen LogP contribution in [-0.4, -0.2) is 47.2 Å². The van der Waals surface area contributed by atoms with Crippen molar-refractivity contribution >= 4 is 41.1 Å². The Bertz CT molecular complexity index is 1550. The first-order chi connectivity index (χ1) is 16.8. The Balaban J connectivity index is 1.69. The number of aromatic nitrogens is 4. The minimum Gasteiger partial charge on any atom is -0.505 e. The quantitative estimate of drug-likeness (QED) is 0.367. The second-order valence-corrected chi connectivity index (χ2v) is 10.5. The van der Waals surface area contributed by atoms with Crippen molar-refractivity contribution in [2.75, 3.05) is 0 Å². The summed E-state index contributed by atoms with van der Waals surface area (Å²) in [4.78, 5) is 29.0. The van der Waals surface area contributed by atoms with Gasteiger partial charge in [0.05, 0.1) is 21.9 Å². The molecule has 0 radical (unpaired) electrons. The third kappa shape index (κ3) is 5.23. The second-order valence-electron chi connectivity index (χ2n) is 7.99. The van der Waals surface area contributed by atoms with Crippen LogP contribution in [0, 0.1) is 0 Å². The number of rotatable bonds is 7. The zero-order valence-electron chi connectivity index (χ0n) is 18.3. The van der Waals surface area contributed by atoms with E-state index in [9.17, 15) is 31.9 Å². The normalized spacial score (nSPS) is 14.4. The number of ether oxygens (including phenoxy) is 1. The fourth-order valence-corrected chi connectivity index (χ4v) is 5.16. The van der Waals surface area contributed by atoms with Gasteiger partial charge in [-0.05, 0) is 25.0 Å². The predicted octanol–water partition coefficient (Wildman–Crippen LogP) is 1.63. The van der Waals surface area contributed by atoms with Gasteiger partial charge in [-0.3, -0.25) is 9.78 Å². The molecule has 1 fully saturated rings. The predicted molar refractivity (Wildman–Crippen MR) is 127 cm³/mol. The molecule has 3 aromatic rings. The molecule has 11 nitrogen and oxygen atoms in total. The van der Waals surface area contributed by atoms with Gasteiger partial charge >= 0.3 is 5.69 Å². The van der Waals surface area contributed by atoms with Gasteiger partial charge in [-0.15, -0.1) is 0 Å².